The lowest BCUT2D eigenvalue weighted by molar-refractivity contribution is 0.675. The Labute approximate surface area is 110 Å². The minimum atomic E-state index is 0.773. The number of hydrogen-bond donors (Lipinski definition) is 1. The molecule has 0 saturated carbocycles. The normalized spacial score (nSPS) is 10.1. The van der Waals surface area contributed by atoms with Gasteiger partial charge in [0.05, 0.1) is 11.3 Å². The monoisotopic (exact) mass is 245 g/mol. The van der Waals surface area contributed by atoms with Crippen LogP contribution >= 0.6 is 0 Å². The standard InChI is InChI=1S/C15H23N3/c1-4-9-17-12-13-7-8-15(14(10-13)11-16)18(5-2)6-3/h7-8,10,17H,4-6,9,12H2,1-3H3. The highest BCUT2D eigenvalue weighted by Gasteiger charge is 2.08. The van der Waals surface area contributed by atoms with Gasteiger partial charge in [-0.1, -0.05) is 13.0 Å². The molecule has 3 nitrogen and oxygen atoms in total. The van der Waals surface area contributed by atoms with Gasteiger partial charge in [0, 0.05) is 19.6 Å². The minimum Gasteiger partial charge on any atom is -0.371 e. The minimum absolute atomic E-state index is 0.773. The molecule has 0 radical (unpaired) electrons. The molecule has 0 aliphatic heterocycles. The van der Waals surface area contributed by atoms with E-state index < -0.39 is 0 Å². The van der Waals surface area contributed by atoms with Gasteiger partial charge in [-0.25, -0.2) is 0 Å². The lowest BCUT2D eigenvalue weighted by Gasteiger charge is -2.22. The third kappa shape index (κ3) is 3.75. The molecule has 0 unspecified atom stereocenters. The van der Waals surface area contributed by atoms with Crippen LogP contribution < -0.4 is 10.2 Å². The van der Waals surface area contributed by atoms with Crippen LogP contribution in [-0.4, -0.2) is 19.6 Å². The van der Waals surface area contributed by atoms with E-state index in [1.807, 2.05) is 6.07 Å². The highest BCUT2D eigenvalue weighted by atomic mass is 15.1. The first-order valence-corrected chi connectivity index (χ1v) is 6.75. The van der Waals surface area contributed by atoms with E-state index in [-0.39, 0.29) is 0 Å². The average molecular weight is 245 g/mol. The number of nitriles is 1. The molecule has 0 bridgehead atoms. The number of nitrogens with zero attached hydrogens (tertiary/aromatic N) is 2. The average Bonchev–Trinajstić information content (AvgIpc) is 2.41. The zero-order chi connectivity index (χ0) is 13.4. The van der Waals surface area contributed by atoms with E-state index in [0.29, 0.717) is 0 Å². The summed E-state index contributed by atoms with van der Waals surface area (Å²) in [5.74, 6) is 0. The highest BCUT2D eigenvalue weighted by Crippen LogP contribution is 2.21. The molecule has 0 aliphatic rings. The van der Waals surface area contributed by atoms with Gasteiger partial charge in [-0.3, -0.25) is 0 Å². The van der Waals surface area contributed by atoms with Crippen molar-refractivity contribution in [2.24, 2.45) is 0 Å². The molecule has 98 valence electrons. The van der Waals surface area contributed by atoms with Crippen LogP contribution in [0, 0.1) is 11.3 Å². The van der Waals surface area contributed by atoms with Crippen molar-refractivity contribution in [1.29, 1.82) is 5.26 Å². The van der Waals surface area contributed by atoms with Crippen LogP contribution in [0.1, 0.15) is 38.3 Å². The molecule has 1 rings (SSSR count). The molecule has 1 aromatic rings. The Morgan fingerprint density at radius 2 is 1.94 bits per heavy atom. The van der Waals surface area contributed by atoms with Crippen molar-refractivity contribution in [1.82, 2.24) is 5.32 Å². The lowest BCUT2D eigenvalue weighted by Crippen LogP contribution is -2.23. The van der Waals surface area contributed by atoms with Crippen molar-refractivity contribution >= 4 is 5.69 Å². The molecule has 1 aromatic carbocycles. The van der Waals surface area contributed by atoms with Crippen molar-refractivity contribution < 1.29 is 0 Å². The summed E-state index contributed by atoms with van der Waals surface area (Å²) in [5, 5.41) is 12.6. The molecule has 1 N–H and O–H groups in total. The van der Waals surface area contributed by atoms with Crippen molar-refractivity contribution in [3.63, 3.8) is 0 Å². The van der Waals surface area contributed by atoms with Crippen molar-refractivity contribution in [3.8, 4) is 6.07 Å². The molecule has 0 saturated heterocycles. The van der Waals surface area contributed by atoms with Crippen LogP contribution in [0.25, 0.3) is 0 Å². The van der Waals surface area contributed by atoms with Gasteiger partial charge in [0.25, 0.3) is 0 Å². The molecule has 0 atom stereocenters. The SMILES string of the molecule is CCCNCc1ccc(N(CC)CC)c(C#N)c1. The number of benzene rings is 1. The summed E-state index contributed by atoms with van der Waals surface area (Å²) < 4.78 is 0. The predicted octanol–water partition coefficient (Wildman–Crippen LogP) is 2.90. The molecule has 0 spiro atoms. The molecule has 0 heterocycles. The summed E-state index contributed by atoms with van der Waals surface area (Å²) in [6.07, 6.45) is 1.13. The van der Waals surface area contributed by atoms with Gasteiger partial charge in [0.2, 0.25) is 0 Å². The van der Waals surface area contributed by atoms with Gasteiger partial charge in [-0.2, -0.15) is 5.26 Å². The highest BCUT2D eigenvalue weighted by molar-refractivity contribution is 5.60. The molecule has 0 fully saturated rings. The maximum Gasteiger partial charge on any atom is 0.101 e. The summed E-state index contributed by atoms with van der Waals surface area (Å²) in [4.78, 5) is 2.21. The Morgan fingerprint density at radius 1 is 1.22 bits per heavy atom. The van der Waals surface area contributed by atoms with Gasteiger partial charge in [0.15, 0.2) is 0 Å². The first-order valence-electron chi connectivity index (χ1n) is 6.75. The largest absolute Gasteiger partial charge is 0.371 e. The van der Waals surface area contributed by atoms with Crippen molar-refractivity contribution in [3.05, 3.63) is 29.3 Å². The predicted molar refractivity (Wildman–Crippen MR) is 76.7 cm³/mol. The molecule has 18 heavy (non-hydrogen) atoms. The Morgan fingerprint density at radius 3 is 2.50 bits per heavy atom. The van der Waals surface area contributed by atoms with E-state index >= 15 is 0 Å². The third-order valence-electron chi connectivity index (χ3n) is 3.04. The summed E-state index contributed by atoms with van der Waals surface area (Å²) in [6.45, 7) is 10.1. The van der Waals surface area contributed by atoms with E-state index in [1.165, 1.54) is 5.56 Å². The van der Waals surface area contributed by atoms with Crippen LogP contribution in [0.5, 0.6) is 0 Å². The quantitative estimate of drug-likeness (QED) is 0.751. The number of anilines is 1. The van der Waals surface area contributed by atoms with Crippen LogP contribution in [0.3, 0.4) is 0 Å². The fourth-order valence-electron chi connectivity index (χ4n) is 2.03. The second-order valence-electron chi connectivity index (χ2n) is 4.31. The van der Waals surface area contributed by atoms with Crippen molar-refractivity contribution in [2.75, 3.05) is 24.5 Å². The lowest BCUT2D eigenvalue weighted by atomic mass is 10.1. The Balaban J connectivity index is 2.86. The number of hydrogen-bond acceptors (Lipinski definition) is 3. The second kappa shape index (κ2) is 7.73. The van der Waals surface area contributed by atoms with Gasteiger partial charge >= 0.3 is 0 Å². The molecular weight excluding hydrogens is 222 g/mol. The fraction of sp³-hybridized carbons (Fsp3) is 0.533. The summed E-state index contributed by atoms with van der Waals surface area (Å²) in [5.41, 5.74) is 2.99. The van der Waals surface area contributed by atoms with E-state index in [2.05, 4.69) is 49.2 Å². The Hall–Kier alpha value is -1.53. The Kier molecular flexibility index (Phi) is 6.24. The van der Waals surface area contributed by atoms with Crippen LogP contribution in [0.4, 0.5) is 5.69 Å². The van der Waals surface area contributed by atoms with Crippen molar-refractivity contribution in [2.45, 2.75) is 33.7 Å². The maximum atomic E-state index is 9.26. The van der Waals surface area contributed by atoms with Gasteiger partial charge in [0.1, 0.15) is 6.07 Å². The molecule has 3 heteroatoms. The van der Waals surface area contributed by atoms with Gasteiger partial charge in [-0.15, -0.1) is 0 Å². The summed E-state index contributed by atoms with van der Waals surface area (Å²) in [6, 6.07) is 8.47. The van der Waals surface area contributed by atoms with E-state index in [9.17, 15) is 5.26 Å². The van der Waals surface area contributed by atoms with Gasteiger partial charge in [-0.05, 0) is 44.5 Å². The first-order chi connectivity index (χ1) is 8.76. The fourth-order valence-corrected chi connectivity index (χ4v) is 2.03. The summed E-state index contributed by atoms with van der Waals surface area (Å²) in [7, 11) is 0. The number of rotatable bonds is 7. The molecule has 0 amide bonds. The number of nitrogens with one attached hydrogen (secondary N) is 1. The molecule has 0 aliphatic carbocycles. The van der Waals surface area contributed by atoms with E-state index in [0.717, 1.165) is 43.9 Å². The topological polar surface area (TPSA) is 39.1 Å². The van der Waals surface area contributed by atoms with E-state index in [4.69, 9.17) is 0 Å². The van der Waals surface area contributed by atoms with E-state index in [1.54, 1.807) is 0 Å². The maximum absolute atomic E-state index is 9.26. The van der Waals surface area contributed by atoms with Crippen LogP contribution in [0.2, 0.25) is 0 Å². The van der Waals surface area contributed by atoms with Gasteiger partial charge < -0.3 is 10.2 Å². The zero-order valence-electron chi connectivity index (χ0n) is 11.7. The molecule has 0 aromatic heterocycles. The third-order valence-corrected chi connectivity index (χ3v) is 3.04. The molecular formula is C15H23N3. The summed E-state index contributed by atoms with van der Waals surface area (Å²) >= 11 is 0. The first kappa shape index (κ1) is 14.5. The smallest absolute Gasteiger partial charge is 0.101 e. The second-order valence-corrected chi connectivity index (χ2v) is 4.31. The Bertz CT molecular complexity index is 403. The van der Waals surface area contributed by atoms with Crippen LogP contribution in [0.15, 0.2) is 18.2 Å². The van der Waals surface area contributed by atoms with Crippen LogP contribution in [-0.2, 0) is 6.54 Å². The zero-order valence-corrected chi connectivity index (χ0v) is 11.7.